The number of nitriles is 1. The van der Waals surface area contributed by atoms with Crippen LogP contribution in [-0.4, -0.2) is 54.8 Å². The SMILES string of the molecule is CN(C)CC(=O)N1CC(C(=O)Nc2ccc(Br)cc2)CC1C#N. The Labute approximate surface area is 144 Å². The molecule has 23 heavy (non-hydrogen) atoms. The molecule has 2 unspecified atom stereocenters. The number of carbonyl (C=O) groups excluding carboxylic acids is 2. The number of amides is 2. The maximum absolute atomic E-state index is 12.4. The molecule has 1 N–H and O–H groups in total. The van der Waals surface area contributed by atoms with Gasteiger partial charge in [0, 0.05) is 16.7 Å². The van der Waals surface area contributed by atoms with E-state index in [4.69, 9.17) is 0 Å². The van der Waals surface area contributed by atoms with E-state index in [0.29, 0.717) is 12.1 Å². The third kappa shape index (κ3) is 4.53. The highest BCUT2D eigenvalue weighted by Gasteiger charge is 2.38. The van der Waals surface area contributed by atoms with E-state index in [0.717, 1.165) is 4.47 Å². The zero-order valence-corrected chi connectivity index (χ0v) is 14.7. The summed E-state index contributed by atoms with van der Waals surface area (Å²) in [4.78, 5) is 27.8. The quantitative estimate of drug-likeness (QED) is 0.864. The van der Waals surface area contributed by atoms with Crippen molar-refractivity contribution in [3.63, 3.8) is 0 Å². The van der Waals surface area contributed by atoms with Crippen LogP contribution in [-0.2, 0) is 9.59 Å². The Balaban J connectivity index is 2.01. The van der Waals surface area contributed by atoms with Crippen molar-refractivity contribution in [3.8, 4) is 6.07 Å². The summed E-state index contributed by atoms with van der Waals surface area (Å²) in [5, 5.41) is 12.1. The summed E-state index contributed by atoms with van der Waals surface area (Å²) < 4.78 is 0.932. The molecule has 6 nitrogen and oxygen atoms in total. The first-order valence-electron chi connectivity index (χ1n) is 7.31. The van der Waals surface area contributed by atoms with Crippen LogP contribution in [0.15, 0.2) is 28.7 Å². The van der Waals surface area contributed by atoms with E-state index in [1.165, 1.54) is 4.90 Å². The summed E-state index contributed by atoms with van der Waals surface area (Å²) in [6.07, 6.45) is 0.373. The normalized spacial score (nSPS) is 20.4. The Morgan fingerprint density at radius 2 is 2.04 bits per heavy atom. The summed E-state index contributed by atoms with van der Waals surface area (Å²) >= 11 is 3.34. The average Bonchev–Trinajstić information content (AvgIpc) is 2.93. The lowest BCUT2D eigenvalue weighted by atomic mass is 10.1. The smallest absolute Gasteiger partial charge is 0.237 e. The second-order valence-electron chi connectivity index (χ2n) is 5.86. The van der Waals surface area contributed by atoms with E-state index in [1.807, 2.05) is 12.1 Å². The second-order valence-corrected chi connectivity index (χ2v) is 6.77. The molecule has 7 heteroatoms. The fourth-order valence-electron chi connectivity index (χ4n) is 2.56. The number of carbonyl (C=O) groups is 2. The minimum Gasteiger partial charge on any atom is -0.326 e. The molecule has 0 spiro atoms. The van der Waals surface area contributed by atoms with Gasteiger partial charge in [0.25, 0.3) is 0 Å². The van der Waals surface area contributed by atoms with Crippen LogP contribution >= 0.6 is 15.9 Å². The van der Waals surface area contributed by atoms with Gasteiger partial charge in [-0.15, -0.1) is 0 Å². The van der Waals surface area contributed by atoms with Crippen molar-refractivity contribution in [1.29, 1.82) is 5.26 Å². The first kappa shape index (κ1) is 17.4. The molecule has 0 radical (unpaired) electrons. The molecule has 1 aliphatic rings. The lowest BCUT2D eigenvalue weighted by Gasteiger charge is -2.21. The van der Waals surface area contributed by atoms with Gasteiger partial charge in [-0.05, 0) is 44.8 Å². The fourth-order valence-corrected chi connectivity index (χ4v) is 2.83. The molecule has 1 aromatic carbocycles. The molecule has 1 aliphatic heterocycles. The van der Waals surface area contributed by atoms with Crippen LogP contribution in [0, 0.1) is 17.2 Å². The highest BCUT2D eigenvalue weighted by Crippen LogP contribution is 2.25. The van der Waals surface area contributed by atoms with Crippen LogP contribution in [0.2, 0.25) is 0 Å². The number of benzene rings is 1. The van der Waals surface area contributed by atoms with Gasteiger partial charge in [0.15, 0.2) is 0 Å². The number of likely N-dealkylation sites (tertiary alicyclic amines) is 1. The number of halogens is 1. The van der Waals surface area contributed by atoms with E-state index in [9.17, 15) is 14.9 Å². The molecule has 0 aromatic heterocycles. The summed E-state index contributed by atoms with van der Waals surface area (Å²) in [6.45, 7) is 0.520. The first-order chi connectivity index (χ1) is 10.9. The molecule has 122 valence electrons. The van der Waals surface area contributed by atoms with Crippen molar-refractivity contribution in [2.24, 2.45) is 5.92 Å². The number of hydrogen-bond acceptors (Lipinski definition) is 4. The topological polar surface area (TPSA) is 76.4 Å². The molecule has 0 saturated carbocycles. The van der Waals surface area contributed by atoms with Crippen LogP contribution in [0.5, 0.6) is 0 Å². The minimum absolute atomic E-state index is 0.125. The maximum atomic E-state index is 12.4. The molecule has 2 atom stereocenters. The van der Waals surface area contributed by atoms with Crippen LogP contribution in [0.3, 0.4) is 0 Å². The molecule has 0 bridgehead atoms. The van der Waals surface area contributed by atoms with Gasteiger partial charge in [-0.3, -0.25) is 9.59 Å². The summed E-state index contributed by atoms with van der Waals surface area (Å²) in [5.41, 5.74) is 0.699. The van der Waals surface area contributed by atoms with Crippen LogP contribution in [0.1, 0.15) is 6.42 Å². The highest BCUT2D eigenvalue weighted by molar-refractivity contribution is 9.10. The molecule has 2 rings (SSSR count). The van der Waals surface area contributed by atoms with E-state index >= 15 is 0 Å². The molecule has 1 aromatic rings. The van der Waals surface area contributed by atoms with E-state index in [-0.39, 0.29) is 30.8 Å². The molecule has 0 aliphatic carbocycles. The van der Waals surface area contributed by atoms with Gasteiger partial charge in [0.1, 0.15) is 6.04 Å². The van der Waals surface area contributed by atoms with E-state index in [2.05, 4.69) is 27.3 Å². The number of hydrogen-bond donors (Lipinski definition) is 1. The predicted molar refractivity (Wildman–Crippen MR) is 90.5 cm³/mol. The van der Waals surface area contributed by atoms with Gasteiger partial charge in [-0.2, -0.15) is 5.26 Å². The fraction of sp³-hybridized carbons (Fsp3) is 0.438. The minimum atomic E-state index is -0.539. The molecular weight excluding hydrogens is 360 g/mol. The van der Waals surface area contributed by atoms with Gasteiger partial charge in [0.2, 0.25) is 11.8 Å². The third-order valence-electron chi connectivity index (χ3n) is 3.70. The average molecular weight is 379 g/mol. The van der Waals surface area contributed by atoms with Gasteiger partial charge in [-0.25, -0.2) is 0 Å². The number of nitrogens with one attached hydrogen (secondary N) is 1. The summed E-state index contributed by atoms with van der Waals surface area (Å²) in [7, 11) is 3.60. The van der Waals surface area contributed by atoms with Crippen molar-refractivity contribution < 1.29 is 9.59 Å². The number of likely N-dealkylation sites (N-methyl/N-ethyl adjacent to an activating group) is 1. The molecule has 1 heterocycles. The molecule has 1 saturated heterocycles. The van der Waals surface area contributed by atoms with Crippen molar-refractivity contribution in [1.82, 2.24) is 9.80 Å². The molecular formula is C16H19BrN4O2. The molecule has 1 fully saturated rings. The van der Waals surface area contributed by atoms with Gasteiger partial charge < -0.3 is 15.1 Å². The number of anilines is 1. The Kier molecular flexibility index (Phi) is 5.74. The van der Waals surface area contributed by atoms with E-state index in [1.54, 1.807) is 31.1 Å². The van der Waals surface area contributed by atoms with Crippen molar-refractivity contribution in [3.05, 3.63) is 28.7 Å². The maximum Gasteiger partial charge on any atom is 0.237 e. The summed E-state index contributed by atoms with van der Waals surface area (Å²) in [5.74, 6) is -0.650. The van der Waals surface area contributed by atoms with Crippen molar-refractivity contribution in [2.45, 2.75) is 12.5 Å². The lowest BCUT2D eigenvalue weighted by Crippen LogP contribution is -2.40. The zero-order chi connectivity index (χ0) is 17.0. The largest absolute Gasteiger partial charge is 0.326 e. The van der Waals surface area contributed by atoms with Gasteiger partial charge in [0.05, 0.1) is 18.5 Å². The van der Waals surface area contributed by atoms with Crippen LogP contribution in [0.4, 0.5) is 5.69 Å². The zero-order valence-electron chi connectivity index (χ0n) is 13.1. The monoisotopic (exact) mass is 378 g/mol. The predicted octanol–water partition coefficient (Wildman–Crippen LogP) is 1.69. The Morgan fingerprint density at radius 3 is 2.61 bits per heavy atom. The molecule has 2 amide bonds. The van der Waals surface area contributed by atoms with Gasteiger partial charge >= 0.3 is 0 Å². The Bertz CT molecular complexity index is 624. The first-order valence-corrected chi connectivity index (χ1v) is 8.10. The van der Waals surface area contributed by atoms with E-state index < -0.39 is 6.04 Å². The summed E-state index contributed by atoms with van der Waals surface area (Å²) in [6, 6.07) is 8.87. The highest BCUT2D eigenvalue weighted by atomic mass is 79.9. The number of rotatable bonds is 4. The standard InChI is InChI=1S/C16H19BrN4O2/c1-20(2)10-15(22)21-9-11(7-14(21)8-18)16(23)19-13-5-3-12(17)4-6-13/h3-6,11,14H,7,9-10H2,1-2H3,(H,19,23). The van der Waals surface area contributed by atoms with Gasteiger partial charge in [-0.1, -0.05) is 15.9 Å². The van der Waals surface area contributed by atoms with Crippen molar-refractivity contribution in [2.75, 3.05) is 32.5 Å². The lowest BCUT2D eigenvalue weighted by molar-refractivity contribution is -0.132. The number of nitrogens with zero attached hydrogens (tertiary/aromatic N) is 3. The Morgan fingerprint density at radius 1 is 1.39 bits per heavy atom. The van der Waals surface area contributed by atoms with Crippen LogP contribution < -0.4 is 5.32 Å². The second kappa shape index (κ2) is 7.57. The third-order valence-corrected chi connectivity index (χ3v) is 4.23. The van der Waals surface area contributed by atoms with Crippen molar-refractivity contribution >= 4 is 33.4 Å². The van der Waals surface area contributed by atoms with Crippen LogP contribution in [0.25, 0.3) is 0 Å². The Hall–Kier alpha value is -1.91.